The molecule has 1 aliphatic carbocycles. The molecule has 2 unspecified atom stereocenters. The molecular formula is C14H27N. The molecule has 1 spiro atoms. The molecule has 88 valence electrons. The summed E-state index contributed by atoms with van der Waals surface area (Å²) in [5, 5.41) is 3.59. The van der Waals surface area contributed by atoms with Gasteiger partial charge in [0.25, 0.3) is 0 Å². The van der Waals surface area contributed by atoms with Crippen molar-refractivity contribution in [3.05, 3.63) is 0 Å². The van der Waals surface area contributed by atoms with E-state index in [0.29, 0.717) is 10.8 Å². The highest BCUT2D eigenvalue weighted by molar-refractivity contribution is 5.00. The Morgan fingerprint density at radius 3 is 2.40 bits per heavy atom. The molecule has 0 bridgehead atoms. The van der Waals surface area contributed by atoms with E-state index in [-0.39, 0.29) is 0 Å². The molecule has 1 saturated carbocycles. The first-order valence-electron chi connectivity index (χ1n) is 6.66. The van der Waals surface area contributed by atoms with Crippen LogP contribution in [0.1, 0.15) is 53.4 Å². The van der Waals surface area contributed by atoms with Gasteiger partial charge in [0.15, 0.2) is 0 Å². The Labute approximate surface area is 95.0 Å². The van der Waals surface area contributed by atoms with Gasteiger partial charge in [-0.1, -0.05) is 27.7 Å². The van der Waals surface area contributed by atoms with Gasteiger partial charge in [-0.3, -0.25) is 0 Å². The van der Waals surface area contributed by atoms with Crippen LogP contribution in [0.2, 0.25) is 0 Å². The second kappa shape index (κ2) is 3.76. The predicted molar refractivity (Wildman–Crippen MR) is 65.9 cm³/mol. The summed E-state index contributed by atoms with van der Waals surface area (Å²) < 4.78 is 0. The number of hydrogen-bond donors (Lipinski definition) is 1. The van der Waals surface area contributed by atoms with Crippen molar-refractivity contribution in [3.8, 4) is 0 Å². The van der Waals surface area contributed by atoms with Gasteiger partial charge >= 0.3 is 0 Å². The third-order valence-corrected chi connectivity index (χ3v) is 4.89. The summed E-state index contributed by atoms with van der Waals surface area (Å²) in [7, 11) is 0. The first-order valence-corrected chi connectivity index (χ1v) is 6.66. The van der Waals surface area contributed by atoms with Gasteiger partial charge in [0, 0.05) is 0 Å². The van der Waals surface area contributed by atoms with Gasteiger partial charge in [-0.25, -0.2) is 0 Å². The Kier molecular flexibility index (Phi) is 2.87. The zero-order valence-electron chi connectivity index (χ0n) is 10.9. The van der Waals surface area contributed by atoms with Crippen molar-refractivity contribution in [3.63, 3.8) is 0 Å². The van der Waals surface area contributed by atoms with Gasteiger partial charge in [0.05, 0.1) is 0 Å². The maximum atomic E-state index is 3.59. The van der Waals surface area contributed by atoms with E-state index in [1.807, 2.05) is 0 Å². The fourth-order valence-electron chi connectivity index (χ4n) is 4.19. The van der Waals surface area contributed by atoms with Crippen LogP contribution in [-0.4, -0.2) is 13.1 Å². The molecule has 2 aliphatic rings. The van der Waals surface area contributed by atoms with Gasteiger partial charge in [0.2, 0.25) is 0 Å². The van der Waals surface area contributed by atoms with Crippen molar-refractivity contribution < 1.29 is 0 Å². The molecule has 0 radical (unpaired) electrons. The van der Waals surface area contributed by atoms with Crippen LogP contribution >= 0.6 is 0 Å². The van der Waals surface area contributed by atoms with Crippen molar-refractivity contribution in [2.24, 2.45) is 22.7 Å². The van der Waals surface area contributed by atoms with E-state index >= 15 is 0 Å². The summed E-state index contributed by atoms with van der Waals surface area (Å²) >= 11 is 0. The molecule has 1 heteroatoms. The third-order valence-electron chi connectivity index (χ3n) is 4.89. The minimum atomic E-state index is 0.602. The van der Waals surface area contributed by atoms with E-state index in [1.54, 1.807) is 0 Å². The first-order chi connectivity index (χ1) is 6.95. The standard InChI is InChI=1S/C14H27N/c1-11(2)12-9-15-8-7-14(12)6-5-13(3,4)10-14/h11-12,15H,5-10H2,1-4H3. The first kappa shape index (κ1) is 11.4. The van der Waals surface area contributed by atoms with E-state index in [9.17, 15) is 0 Å². The number of nitrogens with one attached hydrogen (secondary N) is 1. The molecule has 15 heavy (non-hydrogen) atoms. The Bertz CT molecular complexity index is 231. The summed E-state index contributed by atoms with van der Waals surface area (Å²) in [5.41, 5.74) is 1.29. The molecule has 1 aliphatic heterocycles. The molecule has 0 aromatic heterocycles. The Balaban J connectivity index is 2.17. The maximum Gasteiger partial charge on any atom is -0.00127 e. The van der Waals surface area contributed by atoms with Gasteiger partial charge in [-0.15, -0.1) is 0 Å². The molecular weight excluding hydrogens is 182 g/mol. The van der Waals surface area contributed by atoms with Gasteiger partial charge in [-0.05, 0) is 61.4 Å². The van der Waals surface area contributed by atoms with Crippen LogP contribution in [0, 0.1) is 22.7 Å². The summed E-state index contributed by atoms with van der Waals surface area (Å²) in [6.45, 7) is 12.2. The molecule has 0 amide bonds. The summed E-state index contributed by atoms with van der Waals surface area (Å²) in [6.07, 6.45) is 5.80. The van der Waals surface area contributed by atoms with E-state index in [4.69, 9.17) is 0 Å². The molecule has 2 fully saturated rings. The molecule has 2 atom stereocenters. The van der Waals surface area contributed by atoms with Crippen molar-refractivity contribution in [2.75, 3.05) is 13.1 Å². The smallest absolute Gasteiger partial charge is 0.00127 e. The summed E-state index contributed by atoms with van der Waals surface area (Å²) in [6, 6.07) is 0. The minimum absolute atomic E-state index is 0.602. The van der Waals surface area contributed by atoms with E-state index < -0.39 is 0 Å². The normalized spacial score (nSPS) is 40.2. The lowest BCUT2D eigenvalue weighted by Crippen LogP contribution is -2.46. The molecule has 1 N–H and O–H groups in total. The van der Waals surface area contributed by atoms with Crippen molar-refractivity contribution in [2.45, 2.75) is 53.4 Å². The zero-order chi connectivity index (χ0) is 11.1. The van der Waals surface area contributed by atoms with E-state index in [2.05, 4.69) is 33.0 Å². The summed E-state index contributed by atoms with van der Waals surface area (Å²) in [5.74, 6) is 1.75. The quantitative estimate of drug-likeness (QED) is 0.697. The largest absolute Gasteiger partial charge is 0.316 e. The van der Waals surface area contributed by atoms with E-state index in [0.717, 1.165) is 11.8 Å². The molecule has 1 nitrogen and oxygen atoms in total. The fraction of sp³-hybridized carbons (Fsp3) is 1.00. The van der Waals surface area contributed by atoms with Crippen LogP contribution in [0.5, 0.6) is 0 Å². The monoisotopic (exact) mass is 209 g/mol. The zero-order valence-corrected chi connectivity index (χ0v) is 10.9. The molecule has 0 aromatic rings. The fourth-order valence-corrected chi connectivity index (χ4v) is 4.19. The highest BCUT2D eigenvalue weighted by Gasteiger charge is 2.49. The number of piperidine rings is 1. The SMILES string of the molecule is CC(C)C1CNCCC12CCC(C)(C)C2. The van der Waals surface area contributed by atoms with Crippen LogP contribution < -0.4 is 5.32 Å². The van der Waals surface area contributed by atoms with Crippen molar-refractivity contribution >= 4 is 0 Å². The van der Waals surface area contributed by atoms with Gasteiger partial charge in [-0.2, -0.15) is 0 Å². The molecule has 1 saturated heterocycles. The van der Waals surface area contributed by atoms with Crippen LogP contribution in [-0.2, 0) is 0 Å². The highest BCUT2D eigenvalue weighted by atomic mass is 14.9. The highest BCUT2D eigenvalue weighted by Crippen LogP contribution is 2.57. The lowest BCUT2D eigenvalue weighted by Gasteiger charge is -2.45. The number of rotatable bonds is 1. The van der Waals surface area contributed by atoms with Crippen LogP contribution in [0.15, 0.2) is 0 Å². The third kappa shape index (κ3) is 2.08. The predicted octanol–water partition coefficient (Wildman–Crippen LogP) is 3.45. The minimum Gasteiger partial charge on any atom is -0.316 e. The van der Waals surface area contributed by atoms with Crippen molar-refractivity contribution in [1.82, 2.24) is 5.32 Å². The van der Waals surface area contributed by atoms with Crippen molar-refractivity contribution in [1.29, 1.82) is 0 Å². The van der Waals surface area contributed by atoms with E-state index in [1.165, 1.54) is 38.8 Å². The Morgan fingerprint density at radius 1 is 1.13 bits per heavy atom. The van der Waals surface area contributed by atoms with Gasteiger partial charge in [0.1, 0.15) is 0 Å². The van der Waals surface area contributed by atoms with Gasteiger partial charge < -0.3 is 5.32 Å². The molecule has 0 aromatic carbocycles. The lowest BCUT2D eigenvalue weighted by atomic mass is 9.64. The second-order valence-electron chi connectivity index (χ2n) is 7.01. The number of hydrogen-bond acceptors (Lipinski definition) is 1. The van der Waals surface area contributed by atoms with Crippen LogP contribution in [0.4, 0.5) is 0 Å². The Morgan fingerprint density at radius 2 is 1.87 bits per heavy atom. The maximum absolute atomic E-state index is 3.59. The average Bonchev–Trinajstić information content (AvgIpc) is 2.42. The molecule has 2 rings (SSSR count). The Hall–Kier alpha value is -0.0400. The topological polar surface area (TPSA) is 12.0 Å². The van der Waals surface area contributed by atoms with Crippen LogP contribution in [0.25, 0.3) is 0 Å². The second-order valence-corrected chi connectivity index (χ2v) is 7.01. The van der Waals surface area contributed by atoms with Crippen LogP contribution in [0.3, 0.4) is 0 Å². The summed E-state index contributed by atoms with van der Waals surface area (Å²) in [4.78, 5) is 0. The lowest BCUT2D eigenvalue weighted by molar-refractivity contribution is 0.0663. The average molecular weight is 209 g/mol. The molecule has 1 heterocycles.